The van der Waals surface area contributed by atoms with Crippen molar-refractivity contribution in [1.29, 1.82) is 0 Å². The van der Waals surface area contributed by atoms with Gasteiger partial charge >= 0.3 is 0 Å². The Kier molecular flexibility index (Phi) is 4.72. The topological polar surface area (TPSA) is 78.1 Å². The number of benzene rings is 3. The van der Waals surface area contributed by atoms with Crippen LogP contribution in [0.4, 0.5) is 0 Å². The summed E-state index contributed by atoms with van der Waals surface area (Å²) in [5, 5.41) is 0. The minimum absolute atomic E-state index is 0.434. The molecule has 3 aromatic rings. The average molecular weight is 345 g/mol. The summed E-state index contributed by atoms with van der Waals surface area (Å²) in [5.74, 6) is -1.41. The second-order valence-electron chi connectivity index (χ2n) is 7.23. The summed E-state index contributed by atoms with van der Waals surface area (Å²) in [6.45, 7) is 6.49. The van der Waals surface area contributed by atoms with Gasteiger partial charge in [0.05, 0.1) is 0 Å². The van der Waals surface area contributed by atoms with Gasteiger partial charge in [-0.3, -0.25) is 17.2 Å². The summed E-state index contributed by atoms with van der Waals surface area (Å²) < 4.78 is 0. The van der Waals surface area contributed by atoms with E-state index < -0.39 is 11.2 Å². The molecule has 3 heteroatoms. The molecule has 0 aromatic heterocycles. The highest BCUT2D eigenvalue weighted by molar-refractivity contribution is 5.57. The maximum atomic E-state index is 6.14. The Morgan fingerprint density at radius 3 is 1.27 bits per heavy atom. The van der Waals surface area contributed by atoms with Crippen molar-refractivity contribution in [2.24, 2.45) is 17.2 Å². The van der Waals surface area contributed by atoms with Gasteiger partial charge < -0.3 is 0 Å². The zero-order chi connectivity index (χ0) is 18.9. The number of rotatable bonds is 4. The fraction of sp³-hybridized carbons (Fsp3) is 0.217. The second-order valence-corrected chi connectivity index (χ2v) is 7.23. The van der Waals surface area contributed by atoms with Gasteiger partial charge in [0.25, 0.3) is 0 Å². The third-order valence-corrected chi connectivity index (χ3v) is 5.30. The molecule has 0 amide bonds. The van der Waals surface area contributed by atoms with Crippen molar-refractivity contribution in [1.82, 2.24) is 0 Å². The molecule has 0 unspecified atom stereocenters. The molecule has 6 N–H and O–H groups in total. The van der Waals surface area contributed by atoms with E-state index in [0.717, 1.165) is 11.1 Å². The van der Waals surface area contributed by atoms with E-state index in [1.165, 1.54) is 22.3 Å². The van der Waals surface area contributed by atoms with Gasteiger partial charge in [0.1, 0.15) is 5.79 Å². The Hall–Kier alpha value is -2.46. The molecular weight excluding hydrogens is 318 g/mol. The Bertz CT molecular complexity index is 877. The van der Waals surface area contributed by atoms with Crippen molar-refractivity contribution in [2.75, 3.05) is 0 Å². The van der Waals surface area contributed by atoms with Gasteiger partial charge in [0.2, 0.25) is 0 Å². The largest absolute Gasteiger partial charge is 0.297 e. The van der Waals surface area contributed by atoms with Crippen LogP contribution in [0.25, 0.3) is 0 Å². The van der Waals surface area contributed by atoms with Crippen molar-refractivity contribution in [2.45, 2.75) is 32.0 Å². The highest BCUT2D eigenvalue weighted by Gasteiger charge is 2.37. The molecule has 0 radical (unpaired) electrons. The first-order valence-electron chi connectivity index (χ1n) is 8.85. The van der Waals surface area contributed by atoms with E-state index in [2.05, 4.69) is 75.4 Å². The SMILES string of the molecule is Cc1ccccc1C(C)(c1ccccc1C)c1ccccc1C(N)(N)N. The van der Waals surface area contributed by atoms with Gasteiger partial charge in [0, 0.05) is 11.0 Å². The van der Waals surface area contributed by atoms with Crippen molar-refractivity contribution >= 4 is 0 Å². The summed E-state index contributed by atoms with van der Waals surface area (Å²) in [6, 6.07) is 24.8. The van der Waals surface area contributed by atoms with Crippen LogP contribution in [0.5, 0.6) is 0 Å². The third-order valence-electron chi connectivity index (χ3n) is 5.30. The molecule has 3 aromatic carbocycles. The van der Waals surface area contributed by atoms with Crippen LogP contribution in [0.2, 0.25) is 0 Å². The van der Waals surface area contributed by atoms with Crippen molar-refractivity contribution in [3.05, 3.63) is 106 Å². The van der Waals surface area contributed by atoms with Crippen LogP contribution >= 0.6 is 0 Å². The van der Waals surface area contributed by atoms with E-state index in [1.807, 2.05) is 18.2 Å². The van der Waals surface area contributed by atoms with Gasteiger partial charge in [-0.25, -0.2) is 0 Å². The molecule has 0 fully saturated rings. The quantitative estimate of drug-likeness (QED) is 0.499. The van der Waals surface area contributed by atoms with Crippen LogP contribution in [0.1, 0.15) is 40.3 Å². The fourth-order valence-corrected chi connectivity index (χ4v) is 4.00. The van der Waals surface area contributed by atoms with Crippen LogP contribution in [0.3, 0.4) is 0 Å². The molecule has 0 aliphatic heterocycles. The highest BCUT2D eigenvalue weighted by atomic mass is 15.1. The van der Waals surface area contributed by atoms with E-state index in [9.17, 15) is 0 Å². The predicted molar refractivity (Wildman–Crippen MR) is 109 cm³/mol. The first-order valence-corrected chi connectivity index (χ1v) is 8.85. The monoisotopic (exact) mass is 345 g/mol. The number of hydrogen-bond donors (Lipinski definition) is 3. The Morgan fingerprint density at radius 1 is 0.538 bits per heavy atom. The molecule has 0 saturated heterocycles. The van der Waals surface area contributed by atoms with Crippen molar-refractivity contribution in [3.8, 4) is 0 Å². The zero-order valence-corrected chi connectivity index (χ0v) is 15.7. The maximum absolute atomic E-state index is 6.14. The summed E-state index contributed by atoms with van der Waals surface area (Å²) in [4.78, 5) is 0. The first-order chi connectivity index (χ1) is 12.3. The van der Waals surface area contributed by atoms with Crippen LogP contribution in [-0.2, 0) is 11.2 Å². The fourth-order valence-electron chi connectivity index (χ4n) is 4.00. The lowest BCUT2D eigenvalue weighted by Crippen LogP contribution is -2.55. The summed E-state index contributed by atoms with van der Waals surface area (Å²) in [7, 11) is 0. The predicted octanol–water partition coefficient (Wildman–Crippen LogP) is 3.64. The van der Waals surface area contributed by atoms with E-state index in [0.29, 0.717) is 0 Å². The lowest BCUT2D eigenvalue weighted by Gasteiger charge is -2.38. The summed E-state index contributed by atoms with van der Waals surface area (Å²) >= 11 is 0. The summed E-state index contributed by atoms with van der Waals surface area (Å²) in [5.41, 5.74) is 24.6. The Balaban J connectivity index is 2.42. The number of hydrogen-bond acceptors (Lipinski definition) is 3. The van der Waals surface area contributed by atoms with E-state index >= 15 is 0 Å². The molecule has 0 heterocycles. The highest BCUT2D eigenvalue weighted by Crippen LogP contribution is 2.43. The van der Waals surface area contributed by atoms with E-state index in [1.54, 1.807) is 0 Å². The lowest BCUT2D eigenvalue weighted by molar-refractivity contribution is 0.474. The Morgan fingerprint density at radius 2 is 0.885 bits per heavy atom. The third kappa shape index (κ3) is 3.06. The molecule has 0 aliphatic rings. The first kappa shape index (κ1) is 18.3. The maximum Gasteiger partial charge on any atom is 0.143 e. The van der Waals surface area contributed by atoms with Crippen LogP contribution < -0.4 is 17.2 Å². The molecule has 134 valence electrons. The standard InChI is InChI=1S/C23H27N3/c1-16-10-4-6-12-18(16)22(3,19-13-7-5-11-17(19)2)20-14-8-9-15-21(20)23(24,25)26/h4-15H,24-26H2,1-3H3. The minimum Gasteiger partial charge on any atom is -0.297 e. The van der Waals surface area contributed by atoms with Gasteiger partial charge in [-0.1, -0.05) is 72.8 Å². The minimum atomic E-state index is -1.41. The molecular formula is C23H27N3. The molecule has 0 bridgehead atoms. The van der Waals surface area contributed by atoms with E-state index in [-0.39, 0.29) is 0 Å². The Labute approximate surface area is 155 Å². The van der Waals surface area contributed by atoms with Gasteiger partial charge in [-0.05, 0) is 48.6 Å². The normalized spacial score (nSPS) is 12.2. The number of aryl methyl sites for hydroxylation is 2. The summed E-state index contributed by atoms with van der Waals surface area (Å²) in [6.07, 6.45) is 0. The molecule has 0 atom stereocenters. The molecule has 0 saturated carbocycles. The average Bonchev–Trinajstić information content (AvgIpc) is 2.61. The molecule has 0 spiro atoms. The second kappa shape index (κ2) is 6.69. The van der Waals surface area contributed by atoms with Crippen LogP contribution in [-0.4, -0.2) is 0 Å². The van der Waals surface area contributed by atoms with Crippen LogP contribution in [0.15, 0.2) is 72.8 Å². The lowest BCUT2D eigenvalue weighted by atomic mass is 9.66. The molecule has 26 heavy (non-hydrogen) atoms. The van der Waals surface area contributed by atoms with Gasteiger partial charge in [-0.2, -0.15) is 0 Å². The smallest absolute Gasteiger partial charge is 0.143 e. The van der Waals surface area contributed by atoms with E-state index in [4.69, 9.17) is 17.2 Å². The number of nitrogens with two attached hydrogens (primary N) is 3. The van der Waals surface area contributed by atoms with Crippen molar-refractivity contribution in [3.63, 3.8) is 0 Å². The van der Waals surface area contributed by atoms with Gasteiger partial charge in [-0.15, -0.1) is 0 Å². The molecule has 0 aliphatic carbocycles. The molecule has 3 nitrogen and oxygen atoms in total. The molecule has 3 rings (SSSR count). The zero-order valence-electron chi connectivity index (χ0n) is 15.7. The van der Waals surface area contributed by atoms with Crippen LogP contribution in [0, 0.1) is 13.8 Å². The van der Waals surface area contributed by atoms with Gasteiger partial charge in [0.15, 0.2) is 0 Å². The van der Waals surface area contributed by atoms with Crippen molar-refractivity contribution < 1.29 is 0 Å².